The highest BCUT2D eigenvalue weighted by Crippen LogP contribution is 2.16. The van der Waals surface area contributed by atoms with Crippen LogP contribution in [0, 0.1) is 0 Å². The molecule has 1 rings (SSSR count). The van der Waals surface area contributed by atoms with Crippen LogP contribution in [0.1, 0.15) is 11.7 Å². The van der Waals surface area contributed by atoms with Gasteiger partial charge in [0.25, 0.3) is 0 Å². The molecular weight excluding hydrogens is 154 g/mol. The van der Waals surface area contributed by atoms with Crippen molar-refractivity contribution in [2.24, 2.45) is 5.73 Å². The summed E-state index contributed by atoms with van der Waals surface area (Å²) in [6.45, 7) is 0.242. The minimum Gasteiger partial charge on any atom is -0.497 e. The molecule has 1 aromatic rings. The molecule has 0 unspecified atom stereocenters. The Hall–Kier alpha value is -1.06. The molecule has 1 aromatic carbocycles. The number of benzene rings is 1. The van der Waals surface area contributed by atoms with Gasteiger partial charge in [-0.05, 0) is 17.7 Å². The number of methoxy groups -OCH3 is 1. The fraction of sp³-hybridized carbons (Fsp3) is 0.333. The number of hydrogen-bond acceptors (Lipinski definition) is 3. The third-order valence-electron chi connectivity index (χ3n) is 1.72. The first kappa shape index (κ1) is 9.03. The van der Waals surface area contributed by atoms with Gasteiger partial charge in [0, 0.05) is 6.54 Å². The zero-order valence-corrected chi connectivity index (χ0v) is 7.03. The first-order valence-electron chi connectivity index (χ1n) is 3.80. The summed E-state index contributed by atoms with van der Waals surface area (Å²) < 4.78 is 4.97. The minimum absolute atomic E-state index is 0.242. The lowest BCUT2D eigenvalue weighted by Gasteiger charge is -2.07. The molecule has 0 radical (unpaired) electrons. The van der Waals surface area contributed by atoms with Gasteiger partial charge in [-0.15, -0.1) is 0 Å². The van der Waals surface area contributed by atoms with E-state index in [4.69, 9.17) is 10.5 Å². The average molecular weight is 167 g/mol. The van der Waals surface area contributed by atoms with E-state index in [0.717, 1.165) is 11.3 Å². The van der Waals surface area contributed by atoms with Crippen LogP contribution in [0.4, 0.5) is 0 Å². The van der Waals surface area contributed by atoms with Gasteiger partial charge in [-0.25, -0.2) is 0 Å². The maximum absolute atomic E-state index is 9.33. The summed E-state index contributed by atoms with van der Waals surface area (Å²) in [5, 5.41) is 9.33. The highest BCUT2D eigenvalue weighted by molar-refractivity contribution is 5.28. The average Bonchev–Trinajstić information content (AvgIpc) is 2.17. The predicted molar refractivity (Wildman–Crippen MR) is 47.0 cm³/mol. The van der Waals surface area contributed by atoms with Crippen molar-refractivity contribution in [3.8, 4) is 5.75 Å². The second-order valence-corrected chi connectivity index (χ2v) is 2.52. The van der Waals surface area contributed by atoms with Crippen molar-refractivity contribution < 1.29 is 9.84 Å². The van der Waals surface area contributed by atoms with Gasteiger partial charge >= 0.3 is 0 Å². The predicted octanol–water partition coefficient (Wildman–Crippen LogP) is 0.687. The molecule has 0 spiro atoms. The van der Waals surface area contributed by atoms with Gasteiger partial charge in [0.1, 0.15) is 5.75 Å². The molecule has 0 amide bonds. The van der Waals surface area contributed by atoms with Crippen molar-refractivity contribution in [3.63, 3.8) is 0 Å². The van der Waals surface area contributed by atoms with Crippen LogP contribution in [0.5, 0.6) is 5.75 Å². The number of nitrogens with two attached hydrogens (primary N) is 1. The van der Waals surface area contributed by atoms with Gasteiger partial charge in [0.15, 0.2) is 0 Å². The van der Waals surface area contributed by atoms with Crippen molar-refractivity contribution in [2.45, 2.75) is 6.10 Å². The van der Waals surface area contributed by atoms with E-state index in [-0.39, 0.29) is 6.54 Å². The first-order valence-corrected chi connectivity index (χ1v) is 3.80. The maximum Gasteiger partial charge on any atom is 0.118 e. The Labute approximate surface area is 71.8 Å². The number of aliphatic hydroxyl groups excluding tert-OH is 1. The molecule has 0 fully saturated rings. The second kappa shape index (κ2) is 4.09. The third kappa shape index (κ3) is 1.96. The van der Waals surface area contributed by atoms with Gasteiger partial charge in [0.2, 0.25) is 0 Å². The third-order valence-corrected chi connectivity index (χ3v) is 1.72. The molecule has 0 aliphatic rings. The summed E-state index contributed by atoms with van der Waals surface area (Å²) in [5.74, 6) is 0.781. The molecule has 0 aliphatic heterocycles. The van der Waals surface area contributed by atoms with Crippen LogP contribution in [-0.4, -0.2) is 18.8 Å². The van der Waals surface area contributed by atoms with E-state index in [0.29, 0.717) is 0 Å². The lowest BCUT2D eigenvalue weighted by Crippen LogP contribution is -2.11. The molecule has 12 heavy (non-hydrogen) atoms. The van der Waals surface area contributed by atoms with Crippen molar-refractivity contribution in [1.29, 1.82) is 0 Å². The monoisotopic (exact) mass is 167 g/mol. The Morgan fingerprint density at radius 1 is 1.42 bits per heavy atom. The highest BCUT2D eigenvalue weighted by atomic mass is 16.5. The van der Waals surface area contributed by atoms with E-state index in [1.165, 1.54) is 0 Å². The van der Waals surface area contributed by atoms with Crippen LogP contribution < -0.4 is 10.5 Å². The lowest BCUT2D eigenvalue weighted by atomic mass is 10.1. The summed E-state index contributed by atoms with van der Waals surface area (Å²) in [6.07, 6.45) is -0.573. The van der Waals surface area contributed by atoms with E-state index in [9.17, 15) is 5.11 Å². The van der Waals surface area contributed by atoms with E-state index >= 15 is 0 Å². The smallest absolute Gasteiger partial charge is 0.118 e. The molecule has 0 aliphatic carbocycles. The largest absolute Gasteiger partial charge is 0.497 e. The summed E-state index contributed by atoms with van der Waals surface area (Å²) in [4.78, 5) is 0. The van der Waals surface area contributed by atoms with Gasteiger partial charge in [-0.2, -0.15) is 0 Å². The Bertz CT molecular complexity index is 233. The molecule has 0 heterocycles. The Balaban J connectivity index is 2.77. The van der Waals surface area contributed by atoms with Crippen molar-refractivity contribution in [3.05, 3.63) is 29.8 Å². The zero-order valence-electron chi connectivity index (χ0n) is 7.03. The van der Waals surface area contributed by atoms with Gasteiger partial charge in [-0.1, -0.05) is 12.1 Å². The molecule has 0 bridgehead atoms. The molecule has 3 N–H and O–H groups in total. The zero-order chi connectivity index (χ0) is 8.97. The van der Waals surface area contributed by atoms with Crippen molar-refractivity contribution in [1.82, 2.24) is 0 Å². The number of ether oxygens (including phenoxy) is 1. The topological polar surface area (TPSA) is 55.5 Å². The van der Waals surface area contributed by atoms with Crippen LogP contribution in [0.2, 0.25) is 0 Å². The Morgan fingerprint density at radius 2 is 2.00 bits per heavy atom. The number of hydrogen-bond donors (Lipinski definition) is 2. The molecule has 66 valence electrons. The molecule has 0 saturated heterocycles. The summed E-state index contributed by atoms with van der Waals surface area (Å²) >= 11 is 0. The molecule has 3 heteroatoms. The van der Waals surface area contributed by atoms with E-state index in [1.54, 1.807) is 31.4 Å². The maximum atomic E-state index is 9.33. The quantitative estimate of drug-likeness (QED) is 0.696. The fourth-order valence-electron chi connectivity index (χ4n) is 0.962. The second-order valence-electron chi connectivity index (χ2n) is 2.52. The molecule has 1 atom stereocenters. The summed E-state index contributed by atoms with van der Waals surface area (Å²) in [6, 6.07) is 7.20. The normalized spacial score (nSPS) is 12.6. The minimum atomic E-state index is -0.573. The SMILES string of the molecule is COc1ccc([C@@H](O)CN)cc1. The lowest BCUT2D eigenvalue weighted by molar-refractivity contribution is 0.186. The summed E-state index contributed by atoms with van der Waals surface area (Å²) in [7, 11) is 1.61. The molecule has 0 saturated carbocycles. The van der Waals surface area contributed by atoms with E-state index < -0.39 is 6.10 Å². The summed E-state index contributed by atoms with van der Waals surface area (Å²) in [5.41, 5.74) is 6.11. The molecular formula is C9H13NO2. The Kier molecular flexibility index (Phi) is 3.08. The molecule has 0 aromatic heterocycles. The number of rotatable bonds is 3. The van der Waals surface area contributed by atoms with Crippen LogP contribution in [0.25, 0.3) is 0 Å². The van der Waals surface area contributed by atoms with E-state index in [1.807, 2.05) is 0 Å². The highest BCUT2D eigenvalue weighted by Gasteiger charge is 2.03. The van der Waals surface area contributed by atoms with Crippen LogP contribution >= 0.6 is 0 Å². The van der Waals surface area contributed by atoms with Crippen molar-refractivity contribution >= 4 is 0 Å². The van der Waals surface area contributed by atoms with E-state index in [2.05, 4.69) is 0 Å². The Morgan fingerprint density at radius 3 is 2.42 bits per heavy atom. The van der Waals surface area contributed by atoms with Gasteiger partial charge in [0.05, 0.1) is 13.2 Å². The van der Waals surface area contributed by atoms with Gasteiger partial charge in [-0.3, -0.25) is 0 Å². The molecule has 3 nitrogen and oxygen atoms in total. The van der Waals surface area contributed by atoms with Crippen LogP contribution in [-0.2, 0) is 0 Å². The standard InChI is InChI=1S/C9H13NO2/c1-12-8-4-2-7(3-5-8)9(11)6-10/h2-5,9,11H,6,10H2,1H3/t9-/m0/s1. The fourth-order valence-corrected chi connectivity index (χ4v) is 0.962. The number of aliphatic hydroxyl groups is 1. The van der Waals surface area contributed by atoms with Crippen LogP contribution in [0.15, 0.2) is 24.3 Å². The van der Waals surface area contributed by atoms with Crippen LogP contribution in [0.3, 0.4) is 0 Å². The van der Waals surface area contributed by atoms with Gasteiger partial charge < -0.3 is 15.6 Å². The van der Waals surface area contributed by atoms with Crippen molar-refractivity contribution in [2.75, 3.05) is 13.7 Å². The first-order chi connectivity index (χ1) is 5.77.